The van der Waals surface area contributed by atoms with Crippen LogP contribution in [0, 0.1) is 10.1 Å². The van der Waals surface area contributed by atoms with Crippen LogP contribution in [0.4, 0.5) is 5.69 Å². The minimum absolute atomic E-state index is 0.0449. The van der Waals surface area contributed by atoms with Crippen molar-refractivity contribution < 1.29 is 9.72 Å². The fourth-order valence-electron chi connectivity index (χ4n) is 2.94. The fourth-order valence-corrected chi connectivity index (χ4v) is 2.94. The van der Waals surface area contributed by atoms with Crippen LogP contribution in [0.2, 0.25) is 0 Å². The first-order valence-corrected chi connectivity index (χ1v) is 8.73. The van der Waals surface area contributed by atoms with Crippen LogP contribution in [0.3, 0.4) is 0 Å². The Hall–Kier alpha value is -3.47. The number of nitro benzene ring substituents is 1. The Labute approximate surface area is 157 Å². The first-order valence-electron chi connectivity index (χ1n) is 8.73. The number of nitro groups is 1. The zero-order valence-electron chi connectivity index (χ0n) is 14.7. The molecule has 0 fully saturated rings. The van der Waals surface area contributed by atoms with Crippen LogP contribution in [0.25, 0.3) is 0 Å². The molecule has 0 saturated carbocycles. The maximum absolute atomic E-state index is 12.9. The molecule has 0 spiro atoms. The second kappa shape index (κ2) is 8.76. The van der Waals surface area contributed by atoms with Crippen molar-refractivity contribution in [2.24, 2.45) is 0 Å². The minimum atomic E-state index is -0.426. The number of rotatable bonds is 7. The van der Waals surface area contributed by atoms with Crippen molar-refractivity contribution in [3.63, 3.8) is 0 Å². The van der Waals surface area contributed by atoms with Gasteiger partial charge in [0.1, 0.15) is 0 Å². The van der Waals surface area contributed by atoms with Gasteiger partial charge in [-0.1, -0.05) is 72.8 Å². The SMILES string of the molecule is O=C(NCc1ccccc1)[C@@H](Cc1ccc([N+](=O)[O-])cc1)c1ccccc1. The molecule has 5 nitrogen and oxygen atoms in total. The van der Waals surface area contributed by atoms with Gasteiger partial charge in [0, 0.05) is 18.7 Å². The quantitative estimate of drug-likeness (QED) is 0.506. The molecule has 136 valence electrons. The number of benzene rings is 3. The van der Waals surface area contributed by atoms with E-state index in [4.69, 9.17) is 0 Å². The van der Waals surface area contributed by atoms with E-state index >= 15 is 0 Å². The van der Waals surface area contributed by atoms with E-state index in [2.05, 4.69) is 5.32 Å². The van der Waals surface area contributed by atoms with E-state index in [1.54, 1.807) is 12.1 Å². The van der Waals surface area contributed by atoms with Crippen molar-refractivity contribution in [2.75, 3.05) is 0 Å². The van der Waals surface area contributed by atoms with Crippen molar-refractivity contribution in [1.29, 1.82) is 0 Å². The van der Waals surface area contributed by atoms with E-state index in [1.807, 2.05) is 60.7 Å². The molecule has 0 bridgehead atoms. The lowest BCUT2D eigenvalue weighted by molar-refractivity contribution is -0.384. The molecule has 3 aromatic carbocycles. The summed E-state index contributed by atoms with van der Waals surface area (Å²) >= 11 is 0. The van der Waals surface area contributed by atoms with Crippen LogP contribution in [-0.4, -0.2) is 10.8 Å². The van der Waals surface area contributed by atoms with Gasteiger partial charge in [-0.3, -0.25) is 14.9 Å². The fraction of sp³-hybridized carbons (Fsp3) is 0.136. The van der Waals surface area contributed by atoms with Gasteiger partial charge in [0.2, 0.25) is 5.91 Å². The van der Waals surface area contributed by atoms with Crippen molar-refractivity contribution in [3.8, 4) is 0 Å². The van der Waals surface area contributed by atoms with E-state index in [0.29, 0.717) is 13.0 Å². The average molecular weight is 360 g/mol. The highest BCUT2D eigenvalue weighted by Gasteiger charge is 2.21. The van der Waals surface area contributed by atoms with Crippen LogP contribution in [0.1, 0.15) is 22.6 Å². The third kappa shape index (κ3) is 5.01. The average Bonchev–Trinajstić information content (AvgIpc) is 2.72. The summed E-state index contributed by atoms with van der Waals surface area (Å²) in [6.45, 7) is 0.462. The second-order valence-electron chi connectivity index (χ2n) is 6.29. The molecule has 1 atom stereocenters. The van der Waals surface area contributed by atoms with Gasteiger partial charge >= 0.3 is 0 Å². The summed E-state index contributed by atoms with van der Waals surface area (Å²) in [5.41, 5.74) is 2.88. The van der Waals surface area contributed by atoms with E-state index in [-0.39, 0.29) is 17.5 Å². The number of amides is 1. The largest absolute Gasteiger partial charge is 0.351 e. The third-order valence-corrected chi connectivity index (χ3v) is 4.41. The van der Waals surface area contributed by atoms with E-state index in [9.17, 15) is 14.9 Å². The van der Waals surface area contributed by atoms with Crippen LogP contribution in [0.15, 0.2) is 84.9 Å². The number of carbonyl (C=O) groups excluding carboxylic acids is 1. The molecule has 0 aliphatic carbocycles. The molecule has 3 aromatic rings. The van der Waals surface area contributed by atoms with Crippen LogP contribution >= 0.6 is 0 Å². The smallest absolute Gasteiger partial charge is 0.269 e. The van der Waals surface area contributed by atoms with Gasteiger partial charge in [-0.15, -0.1) is 0 Å². The molecule has 5 heteroatoms. The molecule has 0 heterocycles. The van der Waals surface area contributed by atoms with Gasteiger partial charge in [-0.25, -0.2) is 0 Å². The molecular formula is C22H20N2O3. The van der Waals surface area contributed by atoms with Crippen molar-refractivity contribution in [2.45, 2.75) is 18.9 Å². The summed E-state index contributed by atoms with van der Waals surface area (Å²) in [7, 11) is 0. The predicted octanol–water partition coefficient (Wildman–Crippen LogP) is 4.24. The molecule has 0 unspecified atom stereocenters. The van der Waals surface area contributed by atoms with Crippen LogP contribution in [-0.2, 0) is 17.8 Å². The summed E-state index contributed by atoms with van der Waals surface area (Å²) in [6, 6.07) is 25.7. The van der Waals surface area contributed by atoms with Crippen LogP contribution < -0.4 is 5.32 Å². The highest BCUT2D eigenvalue weighted by molar-refractivity contribution is 5.84. The monoisotopic (exact) mass is 360 g/mol. The summed E-state index contributed by atoms with van der Waals surface area (Å²) in [4.78, 5) is 23.3. The number of non-ortho nitro benzene ring substituents is 1. The molecule has 27 heavy (non-hydrogen) atoms. The van der Waals surface area contributed by atoms with Gasteiger partial charge < -0.3 is 5.32 Å². The minimum Gasteiger partial charge on any atom is -0.351 e. The summed E-state index contributed by atoms with van der Waals surface area (Å²) in [6.07, 6.45) is 0.475. The molecule has 0 radical (unpaired) electrons. The summed E-state index contributed by atoms with van der Waals surface area (Å²) in [5.74, 6) is -0.431. The summed E-state index contributed by atoms with van der Waals surface area (Å²) in [5, 5.41) is 13.8. The molecule has 1 amide bonds. The van der Waals surface area contributed by atoms with Crippen LogP contribution in [0.5, 0.6) is 0 Å². The zero-order valence-corrected chi connectivity index (χ0v) is 14.7. The molecule has 0 aliphatic heterocycles. The molecule has 0 saturated heterocycles. The Morgan fingerprint density at radius 2 is 1.44 bits per heavy atom. The predicted molar refractivity (Wildman–Crippen MR) is 104 cm³/mol. The molecular weight excluding hydrogens is 340 g/mol. The van der Waals surface area contributed by atoms with E-state index in [0.717, 1.165) is 16.7 Å². The van der Waals surface area contributed by atoms with E-state index in [1.165, 1.54) is 12.1 Å². The maximum atomic E-state index is 12.9. The summed E-state index contributed by atoms with van der Waals surface area (Å²) < 4.78 is 0. The first-order chi connectivity index (χ1) is 13.1. The highest BCUT2D eigenvalue weighted by atomic mass is 16.6. The lowest BCUT2D eigenvalue weighted by atomic mass is 9.91. The van der Waals surface area contributed by atoms with Gasteiger partial charge in [0.15, 0.2) is 0 Å². The second-order valence-corrected chi connectivity index (χ2v) is 6.29. The Balaban J connectivity index is 1.76. The number of hydrogen-bond donors (Lipinski definition) is 1. The molecule has 0 aromatic heterocycles. The zero-order chi connectivity index (χ0) is 19.1. The standard InChI is InChI=1S/C22H20N2O3/c25-22(23-16-18-7-3-1-4-8-18)21(19-9-5-2-6-10-19)15-17-11-13-20(14-12-17)24(26)27/h1-14,21H,15-16H2,(H,23,25)/t21-/m0/s1. The van der Waals surface area contributed by atoms with Gasteiger partial charge in [0.05, 0.1) is 10.8 Å². The van der Waals surface area contributed by atoms with Gasteiger partial charge in [-0.2, -0.15) is 0 Å². The Morgan fingerprint density at radius 3 is 2.04 bits per heavy atom. The highest BCUT2D eigenvalue weighted by Crippen LogP contribution is 2.23. The molecule has 0 aliphatic rings. The van der Waals surface area contributed by atoms with Crippen molar-refractivity contribution >= 4 is 11.6 Å². The van der Waals surface area contributed by atoms with E-state index < -0.39 is 4.92 Å². The number of nitrogens with zero attached hydrogens (tertiary/aromatic N) is 1. The lowest BCUT2D eigenvalue weighted by Gasteiger charge is -2.17. The maximum Gasteiger partial charge on any atom is 0.269 e. The van der Waals surface area contributed by atoms with Crippen molar-refractivity contribution in [1.82, 2.24) is 5.32 Å². The number of hydrogen-bond acceptors (Lipinski definition) is 3. The Kier molecular flexibility index (Phi) is 5.94. The number of carbonyl (C=O) groups is 1. The Bertz CT molecular complexity index is 894. The third-order valence-electron chi connectivity index (χ3n) is 4.41. The van der Waals surface area contributed by atoms with Gasteiger partial charge in [0.25, 0.3) is 5.69 Å². The topological polar surface area (TPSA) is 72.2 Å². The molecule has 1 N–H and O–H groups in total. The van der Waals surface area contributed by atoms with Gasteiger partial charge in [-0.05, 0) is 23.1 Å². The Morgan fingerprint density at radius 1 is 0.852 bits per heavy atom. The van der Waals surface area contributed by atoms with Crippen molar-refractivity contribution in [3.05, 3.63) is 112 Å². The normalized spacial score (nSPS) is 11.6. The molecule has 3 rings (SSSR count). The lowest BCUT2D eigenvalue weighted by Crippen LogP contribution is -2.30. The number of nitrogens with one attached hydrogen (secondary N) is 1. The first kappa shape index (κ1) is 18.3.